The number of pyridine rings is 1. The Morgan fingerprint density at radius 1 is 0.913 bits per heavy atom. The van der Waals surface area contributed by atoms with Crippen molar-refractivity contribution in [2.75, 3.05) is 5.73 Å². The Labute approximate surface area is 136 Å². The second-order valence-electron chi connectivity index (χ2n) is 5.17. The third-order valence-electron chi connectivity index (χ3n) is 3.66. The molecule has 5 heteroatoms. The lowest BCUT2D eigenvalue weighted by Crippen LogP contribution is -1.85. The van der Waals surface area contributed by atoms with Gasteiger partial charge in [-0.15, -0.1) is 0 Å². The van der Waals surface area contributed by atoms with E-state index in [9.17, 15) is 4.39 Å². The molecule has 0 aliphatic heterocycles. The highest BCUT2D eigenvalue weighted by Gasteiger charge is 2.14. The van der Waals surface area contributed by atoms with Gasteiger partial charge in [-0.05, 0) is 47.3 Å². The summed E-state index contributed by atoms with van der Waals surface area (Å²) in [5.74, 6) is -0.267. The zero-order valence-corrected chi connectivity index (χ0v) is 12.8. The van der Waals surface area contributed by atoms with Gasteiger partial charge in [0.15, 0.2) is 5.13 Å². The van der Waals surface area contributed by atoms with Crippen LogP contribution in [0.4, 0.5) is 9.52 Å². The minimum atomic E-state index is -0.267. The topological polar surface area (TPSA) is 51.8 Å². The van der Waals surface area contributed by atoms with Crippen LogP contribution in [0.2, 0.25) is 0 Å². The van der Waals surface area contributed by atoms with Crippen LogP contribution in [0.5, 0.6) is 0 Å². The summed E-state index contributed by atoms with van der Waals surface area (Å²) in [4.78, 5) is 9.54. The Bertz CT molecular complexity index is 993. The summed E-state index contributed by atoms with van der Waals surface area (Å²) in [7, 11) is 0. The molecule has 112 valence electrons. The zero-order valence-electron chi connectivity index (χ0n) is 12.0. The molecule has 0 unspecified atom stereocenters. The Hall–Kier alpha value is -2.79. The average Bonchev–Trinajstić information content (AvgIpc) is 2.97. The van der Waals surface area contributed by atoms with Crippen molar-refractivity contribution in [3.8, 4) is 21.7 Å². The van der Waals surface area contributed by atoms with Crippen molar-refractivity contribution in [3.05, 3.63) is 66.7 Å². The maximum atomic E-state index is 13.2. The van der Waals surface area contributed by atoms with E-state index in [-0.39, 0.29) is 5.82 Å². The van der Waals surface area contributed by atoms with Crippen molar-refractivity contribution in [2.45, 2.75) is 0 Å². The molecule has 2 aromatic heterocycles. The molecule has 0 spiro atoms. The molecule has 0 fully saturated rings. The smallest absolute Gasteiger partial charge is 0.181 e. The lowest BCUT2D eigenvalue weighted by molar-refractivity contribution is 0.628. The van der Waals surface area contributed by atoms with Crippen LogP contribution in [-0.2, 0) is 0 Å². The van der Waals surface area contributed by atoms with Crippen molar-refractivity contribution in [2.24, 2.45) is 0 Å². The monoisotopic (exact) mass is 321 g/mol. The van der Waals surface area contributed by atoms with Gasteiger partial charge in [0.1, 0.15) is 5.82 Å². The first-order valence-electron chi connectivity index (χ1n) is 7.07. The van der Waals surface area contributed by atoms with Crippen molar-refractivity contribution in [1.29, 1.82) is 0 Å². The van der Waals surface area contributed by atoms with Gasteiger partial charge in [0, 0.05) is 23.3 Å². The first kappa shape index (κ1) is 13.8. The number of nitrogens with zero attached hydrogens (tertiary/aromatic N) is 2. The predicted octanol–water partition coefficient (Wildman–Crippen LogP) is 4.75. The van der Waals surface area contributed by atoms with E-state index >= 15 is 0 Å². The zero-order chi connectivity index (χ0) is 15.8. The van der Waals surface area contributed by atoms with Crippen molar-refractivity contribution < 1.29 is 4.39 Å². The van der Waals surface area contributed by atoms with Crippen molar-refractivity contribution in [1.82, 2.24) is 9.97 Å². The molecule has 0 bridgehead atoms. The summed E-state index contributed by atoms with van der Waals surface area (Å²) in [6, 6.07) is 14.4. The molecule has 0 amide bonds. The molecule has 4 rings (SSSR count). The van der Waals surface area contributed by atoms with Gasteiger partial charge in [0.25, 0.3) is 0 Å². The van der Waals surface area contributed by atoms with Gasteiger partial charge in [0.05, 0.1) is 10.6 Å². The van der Waals surface area contributed by atoms with E-state index in [0.29, 0.717) is 5.13 Å². The number of benzene rings is 2. The summed E-state index contributed by atoms with van der Waals surface area (Å²) in [5.41, 5.74) is 8.59. The number of anilines is 1. The first-order valence-corrected chi connectivity index (χ1v) is 7.89. The molecule has 4 aromatic rings. The maximum Gasteiger partial charge on any atom is 0.181 e. The van der Waals surface area contributed by atoms with Gasteiger partial charge < -0.3 is 5.73 Å². The molecule has 0 atom stereocenters. The van der Waals surface area contributed by atoms with Crippen LogP contribution in [0, 0.1) is 5.82 Å². The minimum absolute atomic E-state index is 0.267. The van der Waals surface area contributed by atoms with E-state index in [2.05, 4.69) is 16.0 Å². The van der Waals surface area contributed by atoms with E-state index in [1.807, 2.05) is 24.4 Å². The molecule has 3 nitrogen and oxygen atoms in total. The summed E-state index contributed by atoms with van der Waals surface area (Å²) in [6.45, 7) is 0. The second-order valence-corrected chi connectivity index (χ2v) is 6.20. The number of fused-ring (bicyclic) bond motifs is 1. The largest absolute Gasteiger partial charge is 0.375 e. The third-order valence-corrected chi connectivity index (χ3v) is 4.60. The van der Waals surface area contributed by atoms with Crippen LogP contribution in [0.3, 0.4) is 0 Å². The molecule has 23 heavy (non-hydrogen) atoms. The number of nitrogen functional groups attached to an aromatic ring is 1. The average molecular weight is 321 g/mol. The number of aromatic nitrogens is 2. The summed E-state index contributed by atoms with van der Waals surface area (Å²) in [5, 5.41) is 2.68. The fourth-order valence-electron chi connectivity index (χ4n) is 2.56. The molecule has 0 aliphatic rings. The lowest BCUT2D eigenvalue weighted by Gasteiger charge is -2.05. The Kier molecular flexibility index (Phi) is 3.28. The summed E-state index contributed by atoms with van der Waals surface area (Å²) < 4.78 is 13.2. The van der Waals surface area contributed by atoms with Crippen LogP contribution in [0.15, 0.2) is 60.9 Å². The van der Waals surface area contributed by atoms with E-state index in [4.69, 9.17) is 5.73 Å². The number of hydrogen-bond acceptors (Lipinski definition) is 4. The molecular formula is C18H12FN3S. The molecule has 0 radical (unpaired) electrons. The molecule has 2 aromatic carbocycles. The Balaban J connectivity index is 1.89. The second kappa shape index (κ2) is 5.44. The van der Waals surface area contributed by atoms with Gasteiger partial charge >= 0.3 is 0 Å². The predicted molar refractivity (Wildman–Crippen MR) is 92.7 cm³/mol. The molecule has 0 aliphatic carbocycles. The third kappa shape index (κ3) is 2.55. The fourth-order valence-corrected chi connectivity index (χ4v) is 3.41. The van der Waals surface area contributed by atoms with Crippen LogP contribution >= 0.6 is 11.3 Å². The van der Waals surface area contributed by atoms with Gasteiger partial charge in [-0.3, -0.25) is 4.98 Å². The first-order chi connectivity index (χ1) is 11.2. The number of hydrogen-bond donors (Lipinski definition) is 1. The number of rotatable bonds is 2. The Morgan fingerprint density at radius 3 is 2.52 bits per heavy atom. The normalized spacial score (nSPS) is 11.0. The molecule has 2 heterocycles. The highest BCUT2D eigenvalue weighted by molar-refractivity contribution is 7.19. The SMILES string of the molecule is Nc1nc(-c2ccc(F)cc2)c(-c2ccc3cnccc3c2)s1. The lowest BCUT2D eigenvalue weighted by atomic mass is 10.0. The van der Waals surface area contributed by atoms with Gasteiger partial charge in [-0.2, -0.15) is 0 Å². The van der Waals surface area contributed by atoms with Crippen LogP contribution in [0.1, 0.15) is 0 Å². The fraction of sp³-hybridized carbons (Fsp3) is 0. The van der Waals surface area contributed by atoms with Crippen LogP contribution < -0.4 is 5.73 Å². The standard InChI is InChI=1S/C18H12FN3S/c19-15-5-3-11(4-6-15)16-17(23-18(20)22-16)13-1-2-14-10-21-8-7-12(14)9-13/h1-10H,(H2,20,22). The summed E-state index contributed by atoms with van der Waals surface area (Å²) in [6.07, 6.45) is 3.61. The van der Waals surface area contributed by atoms with Gasteiger partial charge in [-0.1, -0.05) is 23.5 Å². The van der Waals surface area contributed by atoms with Gasteiger partial charge in [-0.25, -0.2) is 9.37 Å². The molecule has 2 N–H and O–H groups in total. The highest BCUT2D eigenvalue weighted by Crippen LogP contribution is 2.38. The molecule has 0 saturated carbocycles. The number of thiazole rings is 1. The molecule has 0 saturated heterocycles. The minimum Gasteiger partial charge on any atom is -0.375 e. The van der Waals surface area contributed by atoms with E-state index in [0.717, 1.165) is 32.5 Å². The quantitative estimate of drug-likeness (QED) is 0.580. The van der Waals surface area contributed by atoms with E-state index in [1.54, 1.807) is 18.3 Å². The number of halogens is 1. The van der Waals surface area contributed by atoms with Crippen molar-refractivity contribution >= 4 is 27.2 Å². The van der Waals surface area contributed by atoms with Crippen LogP contribution in [-0.4, -0.2) is 9.97 Å². The van der Waals surface area contributed by atoms with Gasteiger partial charge in [0.2, 0.25) is 0 Å². The molecular weight excluding hydrogens is 309 g/mol. The van der Waals surface area contributed by atoms with E-state index in [1.165, 1.54) is 23.5 Å². The maximum absolute atomic E-state index is 13.2. The summed E-state index contributed by atoms with van der Waals surface area (Å²) >= 11 is 1.43. The highest BCUT2D eigenvalue weighted by atomic mass is 32.1. The number of nitrogens with two attached hydrogens (primary N) is 1. The van der Waals surface area contributed by atoms with Crippen molar-refractivity contribution in [3.63, 3.8) is 0 Å². The Morgan fingerprint density at radius 2 is 1.70 bits per heavy atom. The van der Waals surface area contributed by atoms with Crippen LogP contribution in [0.25, 0.3) is 32.5 Å². The van der Waals surface area contributed by atoms with E-state index < -0.39 is 0 Å².